The van der Waals surface area contributed by atoms with Gasteiger partial charge in [0.2, 0.25) is 5.91 Å². The highest BCUT2D eigenvalue weighted by atomic mass is 19.4. The van der Waals surface area contributed by atoms with Crippen LogP contribution in [0.1, 0.15) is 5.56 Å². The summed E-state index contributed by atoms with van der Waals surface area (Å²) < 4.78 is 41.6. The van der Waals surface area contributed by atoms with Crippen molar-refractivity contribution in [1.29, 1.82) is 0 Å². The standard InChI is InChI=1S/C14H16F3N3O5/c15-14(16,17)12(22)25-20(8-11(21)19-7-6-18)13(23)24-9-10-4-2-1-3-5-10/h1-5H,6-9,18H2,(H,19,21). The Morgan fingerprint density at radius 1 is 1.16 bits per heavy atom. The Hall–Kier alpha value is -2.82. The number of ether oxygens (including phenoxy) is 1. The van der Waals surface area contributed by atoms with Gasteiger partial charge < -0.3 is 20.6 Å². The number of hydroxylamine groups is 2. The third-order valence-electron chi connectivity index (χ3n) is 2.59. The number of hydrogen-bond donors (Lipinski definition) is 2. The molecule has 0 spiro atoms. The summed E-state index contributed by atoms with van der Waals surface area (Å²) >= 11 is 0. The van der Waals surface area contributed by atoms with E-state index in [4.69, 9.17) is 10.5 Å². The maximum Gasteiger partial charge on any atom is 0.493 e. The molecule has 0 unspecified atom stereocenters. The predicted octanol–water partition coefficient (Wildman–Crippen LogP) is 0.721. The topological polar surface area (TPSA) is 111 Å². The molecule has 0 radical (unpaired) electrons. The molecule has 138 valence electrons. The molecule has 0 fully saturated rings. The predicted molar refractivity (Wildman–Crippen MR) is 77.5 cm³/mol. The number of hydrogen-bond acceptors (Lipinski definition) is 6. The third-order valence-corrected chi connectivity index (χ3v) is 2.59. The first-order chi connectivity index (χ1) is 11.7. The van der Waals surface area contributed by atoms with Crippen LogP contribution < -0.4 is 11.1 Å². The van der Waals surface area contributed by atoms with Crippen molar-refractivity contribution in [1.82, 2.24) is 10.4 Å². The van der Waals surface area contributed by atoms with E-state index < -0.39 is 30.7 Å². The van der Waals surface area contributed by atoms with Gasteiger partial charge in [-0.15, -0.1) is 5.06 Å². The smallest absolute Gasteiger partial charge is 0.442 e. The molecule has 8 nitrogen and oxygen atoms in total. The van der Waals surface area contributed by atoms with Crippen molar-refractivity contribution in [2.24, 2.45) is 5.73 Å². The summed E-state index contributed by atoms with van der Waals surface area (Å²) in [5, 5.41) is 2.11. The lowest BCUT2D eigenvalue weighted by atomic mass is 10.2. The molecule has 1 aromatic rings. The average Bonchev–Trinajstić information content (AvgIpc) is 2.57. The van der Waals surface area contributed by atoms with Gasteiger partial charge in [-0.3, -0.25) is 4.79 Å². The van der Waals surface area contributed by atoms with Crippen LogP contribution in [0.4, 0.5) is 18.0 Å². The Bertz CT molecular complexity index is 595. The minimum Gasteiger partial charge on any atom is -0.442 e. The summed E-state index contributed by atoms with van der Waals surface area (Å²) in [7, 11) is 0. The van der Waals surface area contributed by atoms with Gasteiger partial charge in [-0.1, -0.05) is 30.3 Å². The number of carbonyl (C=O) groups excluding carboxylic acids is 3. The average molecular weight is 363 g/mol. The zero-order valence-electron chi connectivity index (χ0n) is 12.9. The van der Waals surface area contributed by atoms with Gasteiger partial charge in [0.05, 0.1) is 0 Å². The highest BCUT2D eigenvalue weighted by Gasteiger charge is 2.44. The van der Waals surface area contributed by atoms with Crippen molar-refractivity contribution in [2.75, 3.05) is 19.6 Å². The first kappa shape index (κ1) is 20.2. The monoisotopic (exact) mass is 363 g/mol. The van der Waals surface area contributed by atoms with Crippen molar-refractivity contribution < 1.29 is 37.1 Å². The fraction of sp³-hybridized carbons (Fsp3) is 0.357. The van der Waals surface area contributed by atoms with Crippen molar-refractivity contribution in [2.45, 2.75) is 12.8 Å². The van der Waals surface area contributed by atoms with Gasteiger partial charge >= 0.3 is 18.2 Å². The minimum absolute atomic E-state index is 0.0267. The zero-order valence-corrected chi connectivity index (χ0v) is 12.9. The lowest BCUT2D eigenvalue weighted by molar-refractivity contribution is -0.230. The van der Waals surface area contributed by atoms with Gasteiger partial charge in [-0.05, 0) is 5.56 Å². The Morgan fingerprint density at radius 2 is 1.80 bits per heavy atom. The van der Waals surface area contributed by atoms with Crippen LogP contribution in [0.25, 0.3) is 0 Å². The van der Waals surface area contributed by atoms with Crippen LogP contribution in [0.2, 0.25) is 0 Å². The Labute approximate surface area is 140 Å². The summed E-state index contributed by atoms with van der Waals surface area (Å²) in [6.45, 7) is -1.16. The molecule has 1 rings (SSSR count). The van der Waals surface area contributed by atoms with Gasteiger partial charge in [0.25, 0.3) is 0 Å². The van der Waals surface area contributed by atoms with Crippen molar-refractivity contribution in [3.05, 3.63) is 35.9 Å². The SMILES string of the molecule is NCCNC(=O)CN(OC(=O)C(F)(F)F)C(=O)OCc1ccccc1. The number of carbonyl (C=O) groups is 3. The molecule has 0 aromatic heterocycles. The number of benzene rings is 1. The molecule has 0 aliphatic heterocycles. The van der Waals surface area contributed by atoms with Crippen LogP contribution in [0.3, 0.4) is 0 Å². The first-order valence-corrected chi connectivity index (χ1v) is 6.98. The lowest BCUT2D eigenvalue weighted by Gasteiger charge is -2.20. The van der Waals surface area contributed by atoms with Crippen molar-refractivity contribution in [3.8, 4) is 0 Å². The molecule has 25 heavy (non-hydrogen) atoms. The van der Waals surface area contributed by atoms with E-state index >= 15 is 0 Å². The highest BCUT2D eigenvalue weighted by Crippen LogP contribution is 2.17. The van der Waals surface area contributed by atoms with E-state index in [-0.39, 0.29) is 24.8 Å². The molecule has 1 aromatic carbocycles. The summed E-state index contributed by atoms with van der Waals surface area (Å²) in [5.74, 6) is -3.53. The van der Waals surface area contributed by atoms with Gasteiger partial charge in [0, 0.05) is 13.1 Å². The van der Waals surface area contributed by atoms with E-state index in [1.165, 1.54) is 0 Å². The van der Waals surface area contributed by atoms with Crippen LogP contribution in [-0.2, 0) is 25.8 Å². The minimum atomic E-state index is -5.34. The van der Waals surface area contributed by atoms with Crippen LogP contribution in [0, 0.1) is 0 Å². The van der Waals surface area contributed by atoms with Gasteiger partial charge in [-0.2, -0.15) is 13.2 Å². The summed E-state index contributed by atoms with van der Waals surface area (Å²) in [5.41, 5.74) is 5.71. The van der Waals surface area contributed by atoms with E-state index in [1.54, 1.807) is 30.3 Å². The molecular formula is C14H16F3N3O5. The molecule has 0 aliphatic rings. The molecule has 0 atom stereocenters. The molecule has 3 N–H and O–H groups in total. The number of nitrogens with zero attached hydrogens (tertiary/aromatic N) is 1. The second kappa shape index (κ2) is 9.47. The van der Waals surface area contributed by atoms with Crippen molar-refractivity contribution in [3.63, 3.8) is 0 Å². The molecule has 11 heteroatoms. The number of nitrogens with one attached hydrogen (secondary N) is 1. The maximum absolute atomic E-state index is 12.3. The quantitative estimate of drug-likeness (QED) is 0.721. The fourth-order valence-corrected chi connectivity index (χ4v) is 1.48. The highest BCUT2D eigenvalue weighted by molar-refractivity contribution is 5.83. The second-order valence-electron chi connectivity index (χ2n) is 4.59. The summed E-state index contributed by atoms with van der Waals surface area (Å²) in [4.78, 5) is 38.2. The van der Waals surface area contributed by atoms with Gasteiger partial charge in [-0.25, -0.2) is 9.59 Å². The Kier molecular flexibility index (Phi) is 7.66. The molecule has 0 aliphatic carbocycles. The number of amides is 2. The molecule has 0 saturated heterocycles. The van der Waals surface area contributed by atoms with Crippen LogP contribution in [0.5, 0.6) is 0 Å². The van der Waals surface area contributed by atoms with Gasteiger partial charge in [0.1, 0.15) is 13.2 Å². The van der Waals surface area contributed by atoms with Crippen LogP contribution in [0.15, 0.2) is 30.3 Å². The second-order valence-corrected chi connectivity index (χ2v) is 4.59. The van der Waals surface area contributed by atoms with Crippen LogP contribution in [-0.4, -0.2) is 48.8 Å². The van der Waals surface area contributed by atoms with E-state index in [9.17, 15) is 27.6 Å². The summed E-state index contributed by atoms with van der Waals surface area (Å²) in [6.07, 6.45) is -6.77. The largest absolute Gasteiger partial charge is 0.493 e. The molecule has 2 amide bonds. The molecular weight excluding hydrogens is 347 g/mol. The van der Waals surface area contributed by atoms with E-state index in [2.05, 4.69) is 10.2 Å². The third kappa shape index (κ3) is 7.52. The fourth-order valence-electron chi connectivity index (χ4n) is 1.48. The van der Waals surface area contributed by atoms with E-state index in [0.717, 1.165) is 0 Å². The number of nitrogens with two attached hydrogens (primary N) is 1. The first-order valence-electron chi connectivity index (χ1n) is 6.98. The number of alkyl halides is 3. The zero-order chi connectivity index (χ0) is 18.9. The summed E-state index contributed by atoms with van der Waals surface area (Å²) in [6, 6.07) is 8.24. The van der Waals surface area contributed by atoms with Crippen LogP contribution >= 0.6 is 0 Å². The molecule has 0 bridgehead atoms. The Balaban J connectivity index is 2.72. The lowest BCUT2D eigenvalue weighted by Crippen LogP contribution is -2.45. The molecule has 0 heterocycles. The Morgan fingerprint density at radius 3 is 2.36 bits per heavy atom. The van der Waals surface area contributed by atoms with E-state index in [0.29, 0.717) is 5.56 Å². The number of halogens is 3. The normalized spacial score (nSPS) is 10.7. The maximum atomic E-state index is 12.3. The van der Waals surface area contributed by atoms with E-state index in [1.807, 2.05) is 0 Å². The van der Waals surface area contributed by atoms with Gasteiger partial charge in [0.15, 0.2) is 0 Å². The van der Waals surface area contributed by atoms with Crippen molar-refractivity contribution >= 4 is 18.0 Å². The number of rotatable bonds is 6. The molecule has 0 saturated carbocycles.